The topological polar surface area (TPSA) is 9.23 Å². The first-order chi connectivity index (χ1) is 8.31. The number of halogens is 1. The van der Waals surface area contributed by atoms with Crippen LogP contribution in [-0.2, 0) is 0 Å². The number of ether oxygens (including phenoxy) is 1. The van der Waals surface area contributed by atoms with E-state index in [0.29, 0.717) is 10.8 Å². The molecule has 1 atom stereocenters. The molecule has 0 unspecified atom stereocenters. The van der Waals surface area contributed by atoms with Crippen molar-refractivity contribution in [2.45, 2.75) is 13.0 Å². The van der Waals surface area contributed by atoms with Crippen molar-refractivity contribution in [1.82, 2.24) is 0 Å². The number of rotatable bonds is 4. The van der Waals surface area contributed by atoms with Gasteiger partial charge in [-0.25, -0.2) is 0 Å². The maximum Gasteiger partial charge on any atom is 0.138 e. The molecule has 0 spiro atoms. The Morgan fingerprint density at radius 1 is 1.00 bits per heavy atom. The summed E-state index contributed by atoms with van der Waals surface area (Å²) in [5, 5.41) is 0.635. The second kappa shape index (κ2) is 5.74. The third-order valence-electron chi connectivity index (χ3n) is 2.52. The Bertz CT molecular complexity index is 467. The molecule has 17 heavy (non-hydrogen) atoms. The van der Waals surface area contributed by atoms with Crippen LogP contribution in [0.3, 0.4) is 0 Å². The fraction of sp³-hybridized carbons (Fsp3) is 0.133. The molecule has 2 heteroatoms. The smallest absolute Gasteiger partial charge is 0.138 e. The van der Waals surface area contributed by atoms with Crippen LogP contribution in [0.1, 0.15) is 18.6 Å². The molecule has 0 bridgehead atoms. The third kappa shape index (κ3) is 3.01. The van der Waals surface area contributed by atoms with Gasteiger partial charge in [0.15, 0.2) is 0 Å². The lowest BCUT2D eigenvalue weighted by Crippen LogP contribution is -2.07. The van der Waals surface area contributed by atoms with E-state index in [0.717, 1.165) is 5.56 Å². The summed E-state index contributed by atoms with van der Waals surface area (Å²) in [4.78, 5) is 0. The molecule has 0 fully saturated rings. The Kier molecular flexibility index (Phi) is 4.05. The maximum atomic E-state index is 6.07. The van der Waals surface area contributed by atoms with Crippen molar-refractivity contribution in [3.63, 3.8) is 0 Å². The highest BCUT2D eigenvalue weighted by Crippen LogP contribution is 2.29. The zero-order valence-corrected chi connectivity index (χ0v) is 10.4. The number of para-hydroxylation sites is 1. The summed E-state index contributed by atoms with van der Waals surface area (Å²) in [6.45, 7) is 1.98. The van der Waals surface area contributed by atoms with Gasteiger partial charge in [-0.1, -0.05) is 61.0 Å². The number of benzene rings is 2. The van der Waals surface area contributed by atoms with Crippen molar-refractivity contribution < 1.29 is 4.74 Å². The van der Waals surface area contributed by atoms with E-state index in [-0.39, 0.29) is 6.10 Å². The van der Waals surface area contributed by atoms with E-state index >= 15 is 0 Å². The molecule has 0 aromatic heterocycles. The van der Waals surface area contributed by atoms with E-state index in [4.69, 9.17) is 16.3 Å². The van der Waals surface area contributed by atoms with E-state index in [1.54, 1.807) is 0 Å². The molecule has 0 amide bonds. The second-order valence-corrected chi connectivity index (χ2v) is 4.12. The molecule has 0 aliphatic rings. The lowest BCUT2D eigenvalue weighted by Gasteiger charge is -2.18. The zero-order chi connectivity index (χ0) is 12.1. The molecule has 0 N–H and O–H groups in total. The monoisotopic (exact) mass is 245 g/mol. The molecular weight excluding hydrogens is 232 g/mol. The van der Waals surface area contributed by atoms with Gasteiger partial charge < -0.3 is 4.74 Å². The molecule has 2 rings (SSSR count). The highest BCUT2D eigenvalue weighted by atomic mass is 35.5. The van der Waals surface area contributed by atoms with Crippen LogP contribution in [-0.4, -0.2) is 0 Å². The third-order valence-corrected chi connectivity index (χ3v) is 2.83. The van der Waals surface area contributed by atoms with Crippen molar-refractivity contribution >= 4 is 11.6 Å². The van der Waals surface area contributed by atoms with Crippen LogP contribution in [0.4, 0.5) is 0 Å². The van der Waals surface area contributed by atoms with Crippen LogP contribution in [0.15, 0.2) is 54.6 Å². The molecule has 2 aromatic rings. The van der Waals surface area contributed by atoms with Gasteiger partial charge in [-0.05, 0) is 17.7 Å². The lowest BCUT2D eigenvalue weighted by atomic mass is 10.1. The van der Waals surface area contributed by atoms with E-state index in [1.807, 2.05) is 67.9 Å². The van der Waals surface area contributed by atoms with E-state index in [2.05, 4.69) is 0 Å². The summed E-state index contributed by atoms with van der Waals surface area (Å²) < 4.78 is 5.89. The van der Waals surface area contributed by atoms with Crippen LogP contribution in [0, 0.1) is 6.42 Å². The van der Waals surface area contributed by atoms with Gasteiger partial charge in [0, 0.05) is 6.42 Å². The van der Waals surface area contributed by atoms with Crippen LogP contribution in [0.25, 0.3) is 0 Å². The maximum absolute atomic E-state index is 6.07. The molecule has 0 heterocycles. The first-order valence-corrected chi connectivity index (χ1v) is 5.94. The van der Waals surface area contributed by atoms with Gasteiger partial charge in [0.05, 0.1) is 5.02 Å². The molecule has 87 valence electrons. The predicted molar refractivity (Wildman–Crippen MR) is 71.2 cm³/mol. The number of hydrogen-bond acceptors (Lipinski definition) is 1. The standard InChI is InChI=1S/C15H14ClO/c1-2-14(12-8-4-3-5-9-12)17-15-11-7-6-10-13(15)16/h2-11,14H,1H3/t14-/m1/s1. The summed E-state index contributed by atoms with van der Waals surface area (Å²) in [5.41, 5.74) is 1.12. The molecule has 0 saturated heterocycles. The summed E-state index contributed by atoms with van der Waals surface area (Å²) >= 11 is 6.07. The second-order valence-electron chi connectivity index (χ2n) is 3.71. The fourth-order valence-corrected chi connectivity index (χ4v) is 1.83. The molecular formula is C15H14ClO. The van der Waals surface area contributed by atoms with Crippen LogP contribution in [0.2, 0.25) is 5.02 Å². The van der Waals surface area contributed by atoms with Crippen molar-refractivity contribution in [3.8, 4) is 5.75 Å². The Morgan fingerprint density at radius 2 is 1.65 bits per heavy atom. The van der Waals surface area contributed by atoms with E-state index in [9.17, 15) is 0 Å². The Hall–Kier alpha value is -1.47. The average Bonchev–Trinajstić information content (AvgIpc) is 2.39. The van der Waals surface area contributed by atoms with Crippen molar-refractivity contribution in [1.29, 1.82) is 0 Å². The summed E-state index contributed by atoms with van der Waals surface area (Å²) in [5.74, 6) is 0.709. The van der Waals surface area contributed by atoms with Crippen molar-refractivity contribution in [2.75, 3.05) is 0 Å². The minimum Gasteiger partial charge on any atom is -0.484 e. The Morgan fingerprint density at radius 3 is 2.29 bits per heavy atom. The minimum absolute atomic E-state index is 0.0731. The van der Waals surface area contributed by atoms with Gasteiger partial charge in [-0.3, -0.25) is 0 Å². The largest absolute Gasteiger partial charge is 0.484 e. The van der Waals surface area contributed by atoms with Crippen molar-refractivity contribution in [3.05, 3.63) is 71.6 Å². The quantitative estimate of drug-likeness (QED) is 0.760. The van der Waals surface area contributed by atoms with Gasteiger partial charge in [0.2, 0.25) is 0 Å². The highest BCUT2D eigenvalue weighted by molar-refractivity contribution is 6.32. The SMILES string of the molecule is C[CH][C@@H](Oc1ccccc1Cl)c1ccccc1. The van der Waals surface area contributed by atoms with Gasteiger partial charge >= 0.3 is 0 Å². The van der Waals surface area contributed by atoms with Gasteiger partial charge in [0.25, 0.3) is 0 Å². The van der Waals surface area contributed by atoms with Crippen LogP contribution >= 0.6 is 11.6 Å². The van der Waals surface area contributed by atoms with E-state index < -0.39 is 0 Å². The highest BCUT2D eigenvalue weighted by Gasteiger charge is 2.12. The number of hydrogen-bond donors (Lipinski definition) is 0. The van der Waals surface area contributed by atoms with E-state index in [1.165, 1.54) is 0 Å². The lowest BCUT2D eigenvalue weighted by molar-refractivity contribution is 0.239. The normalized spacial score (nSPS) is 12.1. The minimum atomic E-state index is -0.0731. The first kappa shape index (κ1) is 12.0. The summed E-state index contributed by atoms with van der Waals surface area (Å²) in [6.07, 6.45) is 1.94. The van der Waals surface area contributed by atoms with Crippen LogP contribution in [0.5, 0.6) is 5.75 Å². The van der Waals surface area contributed by atoms with Gasteiger partial charge in [-0.15, -0.1) is 0 Å². The summed E-state index contributed by atoms with van der Waals surface area (Å²) in [7, 11) is 0. The molecule has 1 radical (unpaired) electrons. The van der Waals surface area contributed by atoms with Gasteiger partial charge in [-0.2, -0.15) is 0 Å². The van der Waals surface area contributed by atoms with Crippen molar-refractivity contribution in [2.24, 2.45) is 0 Å². The zero-order valence-electron chi connectivity index (χ0n) is 9.64. The van der Waals surface area contributed by atoms with Gasteiger partial charge in [0.1, 0.15) is 11.9 Å². The molecule has 2 aromatic carbocycles. The molecule has 0 aliphatic heterocycles. The summed E-state index contributed by atoms with van der Waals surface area (Å²) in [6, 6.07) is 17.6. The Labute approximate surface area is 107 Å². The first-order valence-electron chi connectivity index (χ1n) is 5.57. The fourth-order valence-electron chi connectivity index (χ4n) is 1.65. The molecule has 0 saturated carbocycles. The average molecular weight is 246 g/mol. The molecule has 0 aliphatic carbocycles. The Balaban J connectivity index is 2.19. The predicted octanol–water partition coefficient (Wildman–Crippen LogP) is 4.68. The molecule has 1 nitrogen and oxygen atoms in total. The van der Waals surface area contributed by atoms with Crippen LogP contribution < -0.4 is 4.74 Å².